The predicted molar refractivity (Wildman–Crippen MR) is 201 cm³/mol. The van der Waals surface area contributed by atoms with Gasteiger partial charge in [-0.15, -0.1) is 0 Å². The molecule has 0 amide bonds. The number of fused-ring (bicyclic) bond motifs is 8. The fraction of sp³-hybridized carbons (Fsp3) is 0. The van der Waals surface area contributed by atoms with Crippen LogP contribution < -0.4 is 0 Å². The van der Waals surface area contributed by atoms with Gasteiger partial charge in [0.25, 0.3) is 0 Å². The minimum absolute atomic E-state index is 0.618. The summed E-state index contributed by atoms with van der Waals surface area (Å²) in [6.45, 7) is 0. The van der Waals surface area contributed by atoms with Crippen LogP contribution >= 0.6 is 0 Å². The number of aromatic nitrogens is 3. The molecule has 8 aromatic carbocycles. The highest BCUT2D eigenvalue weighted by atomic mass is 16.3. The topological polar surface area (TPSA) is 51.8 Å². The van der Waals surface area contributed by atoms with Crippen LogP contribution in [0.4, 0.5) is 0 Å². The van der Waals surface area contributed by atoms with Gasteiger partial charge in [0.05, 0.1) is 0 Å². The average Bonchev–Trinajstić information content (AvgIpc) is 3.57. The van der Waals surface area contributed by atoms with Crippen LogP contribution in [0.1, 0.15) is 0 Å². The Morgan fingerprint density at radius 2 is 0.918 bits per heavy atom. The van der Waals surface area contributed by atoms with Crippen molar-refractivity contribution in [2.45, 2.75) is 0 Å². The van der Waals surface area contributed by atoms with E-state index in [1.165, 1.54) is 32.3 Å². The highest BCUT2D eigenvalue weighted by molar-refractivity contribution is 6.20. The molecule has 2 heterocycles. The van der Waals surface area contributed by atoms with E-state index in [0.29, 0.717) is 17.5 Å². The summed E-state index contributed by atoms with van der Waals surface area (Å²) in [5.74, 6) is 1.88. The second-order valence-electron chi connectivity index (χ2n) is 12.4. The van der Waals surface area contributed by atoms with E-state index < -0.39 is 0 Å². The molecule has 10 rings (SSSR count). The minimum Gasteiger partial charge on any atom is -0.456 e. The number of benzene rings is 8. The van der Waals surface area contributed by atoms with Gasteiger partial charge in [-0.05, 0) is 61.6 Å². The normalized spacial score (nSPS) is 11.7. The van der Waals surface area contributed by atoms with Crippen molar-refractivity contribution in [3.8, 4) is 45.3 Å². The van der Waals surface area contributed by atoms with Gasteiger partial charge in [0.2, 0.25) is 0 Å². The van der Waals surface area contributed by atoms with Crippen molar-refractivity contribution in [3.05, 3.63) is 164 Å². The van der Waals surface area contributed by atoms with Gasteiger partial charge in [-0.1, -0.05) is 146 Å². The Bertz CT molecular complexity index is 2890. The molecule has 0 N–H and O–H groups in total. The number of rotatable bonds is 4. The number of para-hydroxylation sites is 1. The Labute approximate surface area is 282 Å². The predicted octanol–water partition coefficient (Wildman–Crippen LogP) is 11.9. The monoisotopic (exact) mass is 625 g/mol. The van der Waals surface area contributed by atoms with E-state index in [-0.39, 0.29) is 0 Å². The molecule has 0 spiro atoms. The molecule has 0 saturated carbocycles. The van der Waals surface area contributed by atoms with E-state index in [0.717, 1.165) is 49.8 Å². The quantitative estimate of drug-likeness (QED) is 0.183. The molecule has 10 aromatic rings. The first-order valence-corrected chi connectivity index (χ1v) is 16.4. The van der Waals surface area contributed by atoms with Gasteiger partial charge < -0.3 is 4.42 Å². The summed E-state index contributed by atoms with van der Waals surface area (Å²) in [5, 5.41) is 9.42. The van der Waals surface area contributed by atoms with Crippen LogP contribution in [0.25, 0.3) is 99.5 Å². The molecule has 228 valence electrons. The minimum atomic E-state index is 0.618. The largest absolute Gasteiger partial charge is 0.456 e. The summed E-state index contributed by atoms with van der Waals surface area (Å²) < 4.78 is 6.27. The van der Waals surface area contributed by atoms with Crippen LogP contribution in [-0.2, 0) is 0 Å². The van der Waals surface area contributed by atoms with Crippen LogP contribution in [0.5, 0.6) is 0 Å². The van der Waals surface area contributed by atoms with E-state index >= 15 is 0 Å². The van der Waals surface area contributed by atoms with Gasteiger partial charge >= 0.3 is 0 Å². The van der Waals surface area contributed by atoms with Gasteiger partial charge in [-0.2, -0.15) is 0 Å². The maximum Gasteiger partial charge on any atom is 0.164 e. The number of hydrogen-bond acceptors (Lipinski definition) is 4. The van der Waals surface area contributed by atoms with Gasteiger partial charge in [-0.25, -0.2) is 15.0 Å². The summed E-state index contributed by atoms with van der Waals surface area (Å²) in [5.41, 5.74) is 6.63. The van der Waals surface area contributed by atoms with E-state index in [1.807, 2.05) is 60.7 Å². The number of furan rings is 1. The summed E-state index contributed by atoms with van der Waals surface area (Å²) >= 11 is 0. The lowest BCUT2D eigenvalue weighted by atomic mass is 9.94. The maximum absolute atomic E-state index is 6.27. The molecule has 0 fully saturated rings. The lowest BCUT2D eigenvalue weighted by molar-refractivity contribution is 0.669. The lowest BCUT2D eigenvalue weighted by Crippen LogP contribution is -2.01. The second kappa shape index (κ2) is 11.0. The Hall–Kier alpha value is -6.65. The van der Waals surface area contributed by atoms with Gasteiger partial charge in [0.15, 0.2) is 17.5 Å². The lowest BCUT2D eigenvalue weighted by Gasteiger charge is -2.13. The van der Waals surface area contributed by atoms with Crippen molar-refractivity contribution < 1.29 is 4.42 Å². The second-order valence-corrected chi connectivity index (χ2v) is 12.4. The van der Waals surface area contributed by atoms with Gasteiger partial charge in [0, 0.05) is 27.5 Å². The third-order valence-corrected chi connectivity index (χ3v) is 9.51. The molecule has 0 bridgehead atoms. The van der Waals surface area contributed by atoms with Crippen LogP contribution in [0, 0.1) is 0 Å². The SMILES string of the molecule is c1ccc(-c2nc(-c3ccc4ccc5ccc6ccccc6c5c4c3)nc(-c3ccccc3-c3cccc4oc5ccccc5c34)n2)cc1. The van der Waals surface area contributed by atoms with Crippen molar-refractivity contribution >= 4 is 54.3 Å². The van der Waals surface area contributed by atoms with Crippen LogP contribution in [0.15, 0.2) is 168 Å². The molecule has 0 unspecified atom stereocenters. The summed E-state index contributed by atoms with van der Waals surface area (Å²) in [7, 11) is 0. The first kappa shape index (κ1) is 27.5. The van der Waals surface area contributed by atoms with E-state index in [9.17, 15) is 0 Å². The fourth-order valence-electron chi connectivity index (χ4n) is 7.22. The molecular weight excluding hydrogens is 599 g/mol. The molecule has 0 aliphatic rings. The van der Waals surface area contributed by atoms with Crippen LogP contribution in [0.2, 0.25) is 0 Å². The highest BCUT2D eigenvalue weighted by Crippen LogP contribution is 2.41. The smallest absolute Gasteiger partial charge is 0.164 e. The molecule has 0 radical (unpaired) electrons. The van der Waals surface area contributed by atoms with E-state index in [2.05, 4.69) is 103 Å². The van der Waals surface area contributed by atoms with E-state index in [4.69, 9.17) is 19.4 Å². The fourth-order valence-corrected chi connectivity index (χ4v) is 7.22. The average molecular weight is 626 g/mol. The van der Waals surface area contributed by atoms with E-state index in [1.54, 1.807) is 0 Å². The zero-order valence-corrected chi connectivity index (χ0v) is 26.3. The standard InChI is InChI=1S/C45H27N3O/c1-2-12-31(13-3-1)43-46-44(32-26-23-29-22-25-30-24-21-28-11-4-5-14-33(28)41(30)38(29)27-32)48-45(47-43)36-16-7-6-15-34(36)35-18-10-20-40-42(35)37-17-8-9-19-39(37)49-40/h1-27H. The number of hydrogen-bond donors (Lipinski definition) is 0. The van der Waals surface area contributed by atoms with Gasteiger partial charge in [0.1, 0.15) is 11.2 Å². The van der Waals surface area contributed by atoms with Gasteiger partial charge in [-0.3, -0.25) is 0 Å². The highest BCUT2D eigenvalue weighted by Gasteiger charge is 2.19. The third kappa shape index (κ3) is 4.49. The van der Waals surface area contributed by atoms with Crippen molar-refractivity contribution in [1.82, 2.24) is 15.0 Å². The van der Waals surface area contributed by atoms with Crippen LogP contribution in [0.3, 0.4) is 0 Å². The molecule has 4 nitrogen and oxygen atoms in total. The Morgan fingerprint density at radius 1 is 0.327 bits per heavy atom. The molecular formula is C45H27N3O. The Kier molecular flexibility index (Phi) is 6.15. The first-order valence-electron chi connectivity index (χ1n) is 16.4. The molecule has 0 atom stereocenters. The molecule has 0 aliphatic heterocycles. The molecule has 49 heavy (non-hydrogen) atoms. The molecule has 0 saturated heterocycles. The molecule has 0 aliphatic carbocycles. The summed E-state index contributed by atoms with van der Waals surface area (Å²) in [6.07, 6.45) is 0. The molecule has 2 aromatic heterocycles. The maximum atomic E-state index is 6.27. The Morgan fingerprint density at radius 3 is 1.78 bits per heavy atom. The zero-order chi connectivity index (χ0) is 32.3. The van der Waals surface area contributed by atoms with Crippen molar-refractivity contribution in [1.29, 1.82) is 0 Å². The first-order chi connectivity index (χ1) is 24.3. The van der Waals surface area contributed by atoms with Crippen molar-refractivity contribution in [3.63, 3.8) is 0 Å². The Balaban J connectivity index is 1.22. The van der Waals surface area contributed by atoms with Crippen molar-refractivity contribution in [2.24, 2.45) is 0 Å². The number of nitrogens with zero attached hydrogens (tertiary/aromatic N) is 3. The van der Waals surface area contributed by atoms with Crippen molar-refractivity contribution in [2.75, 3.05) is 0 Å². The third-order valence-electron chi connectivity index (χ3n) is 9.51. The summed E-state index contributed by atoms with van der Waals surface area (Å²) in [4.78, 5) is 15.4. The molecule has 4 heteroatoms. The summed E-state index contributed by atoms with van der Waals surface area (Å²) in [6, 6.07) is 56.9. The van der Waals surface area contributed by atoms with Crippen LogP contribution in [-0.4, -0.2) is 15.0 Å². The zero-order valence-electron chi connectivity index (χ0n) is 26.3.